The SMILES string of the molecule is COC(=O)Cc1ccccc1COc1cc(-c2ccccc2)nc(OC)n1.Cc1nc(OCc2ccccc2CC(=O)N(C)C)cc(C(F)(F)F)n1. The van der Waals surface area contributed by atoms with Gasteiger partial charge in [-0.05, 0) is 29.2 Å². The first-order valence-electron chi connectivity index (χ1n) is 15.9. The maximum atomic E-state index is 12.8. The molecule has 272 valence electrons. The van der Waals surface area contributed by atoms with Crippen molar-refractivity contribution in [1.29, 1.82) is 0 Å². The molecule has 0 aliphatic rings. The Morgan fingerprint density at radius 3 is 1.77 bits per heavy atom. The van der Waals surface area contributed by atoms with Crippen molar-refractivity contribution in [1.82, 2.24) is 24.8 Å². The monoisotopic (exact) mass is 717 g/mol. The third kappa shape index (κ3) is 11.5. The van der Waals surface area contributed by atoms with E-state index in [0.29, 0.717) is 17.1 Å². The minimum atomic E-state index is -4.57. The van der Waals surface area contributed by atoms with Crippen LogP contribution in [-0.2, 0) is 46.6 Å². The number of esters is 1. The summed E-state index contributed by atoms with van der Waals surface area (Å²) < 4.78 is 59.7. The predicted octanol–water partition coefficient (Wildman–Crippen LogP) is 6.46. The lowest BCUT2D eigenvalue weighted by Crippen LogP contribution is -2.24. The highest BCUT2D eigenvalue weighted by molar-refractivity contribution is 5.78. The molecule has 2 heterocycles. The molecular formula is C38H38F3N5O6. The molecule has 0 aliphatic carbocycles. The molecule has 52 heavy (non-hydrogen) atoms. The molecule has 0 bridgehead atoms. The molecule has 11 nitrogen and oxygen atoms in total. The van der Waals surface area contributed by atoms with Crippen molar-refractivity contribution in [3.05, 3.63) is 125 Å². The number of alkyl halides is 3. The summed E-state index contributed by atoms with van der Waals surface area (Å²) in [5.41, 5.74) is 3.81. The van der Waals surface area contributed by atoms with Gasteiger partial charge in [0.05, 0.1) is 32.8 Å². The van der Waals surface area contributed by atoms with Crippen LogP contribution in [0.2, 0.25) is 0 Å². The van der Waals surface area contributed by atoms with Crippen molar-refractivity contribution in [3.63, 3.8) is 0 Å². The van der Waals surface area contributed by atoms with Gasteiger partial charge in [-0.2, -0.15) is 28.1 Å². The number of halogens is 3. The van der Waals surface area contributed by atoms with Crippen molar-refractivity contribution < 1.29 is 41.7 Å². The molecule has 5 aromatic rings. The van der Waals surface area contributed by atoms with Gasteiger partial charge in [-0.1, -0.05) is 78.9 Å². The highest BCUT2D eigenvalue weighted by Crippen LogP contribution is 2.30. The summed E-state index contributed by atoms with van der Waals surface area (Å²) in [7, 11) is 6.20. The summed E-state index contributed by atoms with van der Waals surface area (Å²) in [5, 5.41) is 0. The highest BCUT2D eigenvalue weighted by Gasteiger charge is 2.33. The van der Waals surface area contributed by atoms with Crippen molar-refractivity contribution >= 4 is 11.9 Å². The molecule has 0 saturated heterocycles. The lowest BCUT2D eigenvalue weighted by molar-refractivity contribution is -0.141. The van der Waals surface area contributed by atoms with Gasteiger partial charge in [-0.25, -0.2) is 4.98 Å². The maximum Gasteiger partial charge on any atom is 0.433 e. The maximum absolute atomic E-state index is 12.8. The lowest BCUT2D eigenvalue weighted by atomic mass is 10.0. The largest absolute Gasteiger partial charge is 0.473 e. The second-order valence-electron chi connectivity index (χ2n) is 11.4. The number of hydrogen-bond donors (Lipinski definition) is 0. The van der Waals surface area contributed by atoms with Crippen LogP contribution in [0, 0.1) is 6.92 Å². The van der Waals surface area contributed by atoms with E-state index in [9.17, 15) is 22.8 Å². The average Bonchev–Trinajstić information content (AvgIpc) is 3.14. The molecule has 0 spiro atoms. The van der Waals surface area contributed by atoms with Crippen LogP contribution in [-0.4, -0.2) is 65.0 Å². The summed E-state index contributed by atoms with van der Waals surface area (Å²) in [6, 6.07) is 27.2. The van der Waals surface area contributed by atoms with Gasteiger partial charge in [0.25, 0.3) is 0 Å². The number of methoxy groups -OCH3 is 2. The molecule has 0 N–H and O–H groups in total. The Labute approximate surface area is 299 Å². The smallest absolute Gasteiger partial charge is 0.433 e. The molecule has 0 unspecified atom stereocenters. The minimum Gasteiger partial charge on any atom is -0.473 e. The normalized spacial score (nSPS) is 10.8. The third-order valence-electron chi connectivity index (χ3n) is 7.43. The Morgan fingerprint density at radius 2 is 1.23 bits per heavy atom. The van der Waals surface area contributed by atoms with Gasteiger partial charge in [-0.3, -0.25) is 9.59 Å². The molecule has 0 fully saturated rings. The van der Waals surface area contributed by atoms with Crippen LogP contribution in [0.25, 0.3) is 11.3 Å². The fourth-order valence-corrected chi connectivity index (χ4v) is 4.68. The number of ether oxygens (including phenoxy) is 4. The summed E-state index contributed by atoms with van der Waals surface area (Å²) >= 11 is 0. The van der Waals surface area contributed by atoms with E-state index in [1.54, 1.807) is 44.4 Å². The van der Waals surface area contributed by atoms with Gasteiger partial charge < -0.3 is 23.8 Å². The Hall–Kier alpha value is -6.05. The molecule has 0 aliphatic heterocycles. The van der Waals surface area contributed by atoms with Gasteiger partial charge in [0, 0.05) is 31.8 Å². The number of carbonyl (C=O) groups is 2. The fourth-order valence-electron chi connectivity index (χ4n) is 4.68. The number of likely N-dealkylation sites (N-methyl/N-ethyl adjacent to an activating group) is 1. The Bertz CT molecular complexity index is 1960. The summed E-state index contributed by atoms with van der Waals surface area (Å²) in [4.78, 5) is 40.8. The predicted molar refractivity (Wildman–Crippen MR) is 185 cm³/mol. The first-order chi connectivity index (χ1) is 24.9. The van der Waals surface area contributed by atoms with E-state index in [0.717, 1.165) is 28.3 Å². The van der Waals surface area contributed by atoms with Crippen LogP contribution >= 0.6 is 0 Å². The number of hydrogen-bond acceptors (Lipinski definition) is 10. The Balaban J connectivity index is 0.000000234. The van der Waals surface area contributed by atoms with Gasteiger partial charge in [-0.15, -0.1) is 0 Å². The van der Waals surface area contributed by atoms with E-state index in [2.05, 4.69) is 19.9 Å². The summed E-state index contributed by atoms with van der Waals surface area (Å²) in [5.74, 6) is -0.162. The number of rotatable bonds is 12. The molecule has 0 radical (unpaired) electrons. The van der Waals surface area contributed by atoms with Gasteiger partial charge in [0.2, 0.25) is 17.7 Å². The van der Waals surface area contributed by atoms with Crippen molar-refractivity contribution in [2.45, 2.75) is 39.2 Å². The number of carbonyl (C=O) groups excluding carboxylic acids is 2. The number of benzene rings is 3. The Morgan fingerprint density at radius 1 is 0.692 bits per heavy atom. The highest BCUT2D eigenvalue weighted by atomic mass is 19.4. The number of aryl methyl sites for hydroxylation is 1. The molecule has 0 saturated carbocycles. The van der Waals surface area contributed by atoms with E-state index in [1.807, 2.05) is 54.6 Å². The van der Waals surface area contributed by atoms with Crippen LogP contribution in [0.1, 0.15) is 33.8 Å². The average molecular weight is 718 g/mol. The van der Waals surface area contributed by atoms with Gasteiger partial charge in [0.1, 0.15) is 19.0 Å². The lowest BCUT2D eigenvalue weighted by Gasteiger charge is -2.14. The minimum absolute atomic E-state index is 0.00460. The molecule has 5 rings (SSSR count). The molecule has 14 heteroatoms. The Kier molecular flexibility index (Phi) is 13.6. The molecule has 3 aromatic carbocycles. The van der Waals surface area contributed by atoms with E-state index < -0.39 is 11.9 Å². The van der Waals surface area contributed by atoms with E-state index in [4.69, 9.17) is 18.9 Å². The molecule has 2 aromatic heterocycles. The number of nitrogens with zero attached hydrogens (tertiary/aromatic N) is 5. The van der Waals surface area contributed by atoms with Crippen LogP contribution in [0.4, 0.5) is 13.2 Å². The van der Waals surface area contributed by atoms with Crippen molar-refractivity contribution in [2.24, 2.45) is 0 Å². The number of amides is 1. The van der Waals surface area contributed by atoms with Crippen LogP contribution in [0.15, 0.2) is 91.0 Å². The van der Waals surface area contributed by atoms with E-state index in [-0.39, 0.29) is 55.6 Å². The quantitative estimate of drug-likeness (QED) is 0.133. The summed E-state index contributed by atoms with van der Waals surface area (Å²) in [6.45, 7) is 1.64. The zero-order valence-electron chi connectivity index (χ0n) is 29.3. The van der Waals surface area contributed by atoms with Crippen LogP contribution in [0.5, 0.6) is 17.8 Å². The topological polar surface area (TPSA) is 126 Å². The zero-order valence-corrected chi connectivity index (χ0v) is 29.3. The summed E-state index contributed by atoms with van der Waals surface area (Å²) in [6.07, 6.45) is -4.19. The van der Waals surface area contributed by atoms with E-state index in [1.165, 1.54) is 26.0 Å². The molecular weight excluding hydrogens is 679 g/mol. The fraction of sp³-hybridized carbons (Fsp3) is 0.263. The molecule has 0 atom stereocenters. The van der Waals surface area contributed by atoms with Gasteiger partial charge >= 0.3 is 18.2 Å². The van der Waals surface area contributed by atoms with Crippen molar-refractivity contribution in [2.75, 3.05) is 28.3 Å². The van der Waals surface area contributed by atoms with E-state index >= 15 is 0 Å². The van der Waals surface area contributed by atoms with Crippen LogP contribution < -0.4 is 14.2 Å². The van der Waals surface area contributed by atoms with Crippen molar-refractivity contribution in [3.8, 4) is 29.0 Å². The third-order valence-corrected chi connectivity index (χ3v) is 7.43. The first-order valence-corrected chi connectivity index (χ1v) is 15.9. The molecule has 1 amide bonds. The second kappa shape index (κ2) is 18.3. The van der Waals surface area contributed by atoms with Crippen LogP contribution in [0.3, 0.4) is 0 Å². The van der Waals surface area contributed by atoms with Gasteiger partial charge in [0.15, 0.2) is 5.69 Å². The number of aromatic nitrogens is 4. The standard InChI is InChI=1S/C21H20N2O4.C17H18F3N3O2/c1-25-20(24)12-16-10-6-7-11-17(16)14-27-19-13-18(22-21(23-19)26-2)15-8-4-3-5-9-15;1-11-21-14(17(18,19)20)9-15(22-11)25-10-13-7-5-4-6-12(13)8-16(24)23(2)3/h3-11,13H,12,14H2,1-2H3;4-7,9H,8,10H2,1-3H3. The zero-order chi connectivity index (χ0) is 37.7. The first kappa shape index (κ1) is 38.7. The second-order valence-corrected chi connectivity index (χ2v) is 11.4.